The number of aliphatic hydroxyl groups is 3. The van der Waals surface area contributed by atoms with Crippen LogP contribution in [0, 0.1) is 11.8 Å². The Hall–Kier alpha value is -1.76. The SMILES string of the molecule is CCCCCCC1CCC(CCC(=O)OCC(O)[C@H]2OC(=O)C(O)=C2O)CC1. The van der Waals surface area contributed by atoms with Gasteiger partial charge in [0.05, 0.1) is 0 Å². The molecule has 1 saturated carbocycles. The van der Waals surface area contributed by atoms with Gasteiger partial charge in [0.1, 0.15) is 12.7 Å². The standard InChI is InChI=1S/C21H34O7/c1-2-3-4-5-6-14-7-9-15(10-8-14)11-12-17(23)27-13-16(22)20-18(24)19(25)21(26)28-20/h14-16,20,22,24-25H,2-13H2,1H3/t14?,15?,16?,20-/m1/s1. The summed E-state index contributed by atoms with van der Waals surface area (Å²) in [5.41, 5.74) is 0. The molecule has 1 heterocycles. The van der Waals surface area contributed by atoms with Crippen molar-refractivity contribution in [1.29, 1.82) is 0 Å². The van der Waals surface area contributed by atoms with E-state index in [4.69, 9.17) is 4.74 Å². The van der Waals surface area contributed by atoms with E-state index in [1.165, 1.54) is 44.9 Å². The summed E-state index contributed by atoms with van der Waals surface area (Å²) in [5.74, 6) is -1.80. The molecule has 2 atom stereocenters. The van der Waals surface area contributed by atoms with Crippen LogP contribution in [0.5, 0.6) is 0 Å². The molecule has 0 bridgehead atoms. The maximum absolute atomic E-state index is 11.9. The smallest absolute Gasteiger partial charge is 0.377 e. The largest absolute Gasteiger partial charge is 0.505 e. The number of hydrogen-bond acceptors (Lipinski definition) is 7. The van der Waals surface area contributed by atoms with E-state index in [-0.39, 0.29) is 6.42 Å². The van der Waals surface area contributed by atoms with Gasteiger partial charge in [0.2, 0.25) is 5.76 Å². The first kappa shape index (κ1) is 22.5. The van der Waals surface area contributed by atoms with Crippen LogP contribution in [0.4, 0.5) is 0 Å². The molecule has 1 fully saturated rings. The molecule has 2 rings (SSSR count). The summed E-state index contributed by atoms with van der Waals surface area (Å²) in [6.45, 7) is 1.82. The first-order chi connectivity index (χ1) is 13.4. The Morgan fingerprint density at radius 3 is 2.32 bits per heavy atom. The summed E-state index contributed by atoms with van der Waals surface area (Å²) in [7, 11) is 0. The van der Waals surface area contributed by atoms with Crippen LogP contribution in [-0.4, -0.2) is 46.1 Å². The van der Waals surface area contributed by atoms with Crippen LogP contribution in [0.3, 0.4) is 0 Å². The molecule has 0 aromatic rings. The molecular weight excluding hydrogens is 364 g/mol. The highest BCUT2D eigenvalue weighted by Crippen LogP contribution is 2.34. The lowest BCUT2D eigenvalue weighted by Crippen LogP contribution is -2.33. The van der Waals surface area contributed by atoms with Crippen LogP contribution in [0.15, 0.2) is 11.5 Å². The first-order valence-corrected chi connectivity index (χ1v) is 10.6. The van der Waals surface area contributed by atoms with Crippen molar-refractivity contribution in [3.63, 3.8) is 0 Å². The lowest BCUT2D eigenvalue weighted by atomic mass is 9.78. The zero-order valence-electron chi connectivity index (χ0n) is 16.8. The van der Waals surface area contributed by atoms with Crippen LogP contribution in [-0.2, 0) is 19.1 Å². The van der Waals surface area contributed by atoms with Gasteiger partial charge in [-0.3, -0.25) is 4.79 Å². The van der Waals surface area contributed by atoms with Gasteiger partial charge in [-0.25, -0.2) is 4.79 Å². The molecule has 0 aromatic carbocycles. The lowest BCUT2D eigenvalue weighted by Gasteiger charge is -2.28. The number of hydrogen-bond donors (Lipinski definition) is 3. The van der Waals surface area contributed by atoms with Gasteiger partial charge in [-0.05, 0) is 18.3 Å². The number of unbranched alkanes of at least 4 members (excludes halogenated alkanes) is 3. The molecule has 1 unspecified atom stereocenters. The van der Waals surface area contributed by atoms with E-state index < -0.39 is 42.3 Å². The number of esters is 2. The topological polar surface area (TPSA) is 113 Å². The van der Waals surface area contributed by atoms with Crippen LogP contribution in [0.2, 0.25) is 0 Å². The van der Waals surface area contributed by atoms with Crippen molar-refractivity contribution in [2.24, 2.45) is 11.8 Å². The molecule has 1 aliphatic carbocycles. The fraction of sp³-hybridized carbons (Fsp3) is 0.810. The van der Waals surface area contributed by atoms with Crippen molar-refractivity contribution in [3.05, 3.63) is 11.5 Å². The monoisotopic (exact) mass is 398 g/mol. The van der Waals surface area contributed by atoms with E-state index in [1.807, 2.05) is 0 Å². The summed E-state index contributed by atoms with van der Waals surface area (Å²) in [6.07, 6.45) is 9.64. The van der Waals surface area contributed by atoms with Crippen molar-refractivity contribution in [2.45, 2.75) is 89.8 Å². The molecule has 3 N–H and O–H groups in total. The van der Waals surface area contributed by atoms with Crippen molar-refractivity contribution < 1.29 is 34.4 Å². The summed E-state index contributed by atoms with van der Waals surface area (Å²) in [5, 5.41) is 28.6. The van der Waals surface area contributed by atoms with Crippen molar-refractivity contribution in [2.75, 3.05) is 6.61 Å². The maximum atomic E-state index is 11.9. The molecule has 0 saturated heterocycles. The summed E-state index contributed by atoms with van der Waals surface area (Å²) >= 11 is 0. The van der Waals surface area contributed by atoms with Crippen molar-refractivity contribution >= 4 is 11.9 Å². The van der Waals surface area contributed by atoms with Gasteiger partial charge in [-0.2, -0.15) is 0 Å². The molecule has 1 aliphatic heterocycles. The Balaban J connectivity index is 1.58. The molecule has 160 valence electrons. The fourth-order valence-corrected chi connectivity index (χ4v) is 4.06. The Kier molecular flexibility index (Phi) is 9.09. The van der Waals surface area contributed by atoms with Crippen LogP contribution in [0.25, 0.3) is 0 Å². The van der Waals surface area contributed by atoms with E-state index in [0.29, 0.717) is 5.92 Å². The highest BCUT2D eigenvalue weighted by Gasteiger charge is 2.39. The third-order valence-electron chi connectivity index (χ3n) is 5.89. The molecule has 7 heteroatoms. The quantitative estimate of drug-likeness (QED) is 0.359. The zero-order chi connectivity index (χ0) is 20.5. The molecule has 28 heavy (non-hydrogen) atoms. The summed E-state index contributed by atoms with van der Waals surface area (Å²) < 4.78 is 9.66. The lowest BCUT2D eigenvalue weighted by molar-refractivity contribution is -0.154. The third kappa shape index (κ3) is 6.69. The number of ether oxygens (including phenoxy) is 2. The van der Waals surface area contributed by atoms with Crippen LogP contribution in [0.1, 0.15) is 77.6 Å². The molecule has 0 aromatic heterocycles. The Morgan fingerprint density at radius 1 is 1.11 bits per heavy atom. The average molecular weight is 398 g/mol. The maximum Gasteiger partial charge on any atom is 0.377 e. The van der Waals surface area contributed by atoms with Gasteiger partial charge in [-0.1, -0.05) is 64.7 Å². The predicted octanol–water partition coefficient (Wildman–Crippen LogP) is 3.70. The van der Waals surface area contributed by atoms with Crippen LogP contribution >= 0.6 is 0 Å². The van der Waals surface area contributed by atoms with Crippen molar-refractivity contribution in [1.82, 2.24) is 0 Å². The van der Waals surface area contributed by atoms with E-state index in [1.54, 1.807) is 0 Å². The van der Waals surface area contributed by atoms with Gasteiger partial charge in [0.15, 0.2) is 11.9 Å². The van der Waals surface area contributed by atoms with Gasteiger partial charge in [0, 0.05) is 6.42 Å². The Labute approximate surface area is 166 Å². The Bertz CT molecular complexity index is 549. The van der Waals surface area contributed by atoms with E-state index in [0.717, 1.165) is 25.2 Å². The normalized spacial score (nSPS) is 26.2. The van der Waals surface area contributed by atoms with Crippen molar-refractivity contribution in [3.8, 4) is 0 Å². The number of cyclic esters (lactones) is 1. The zero-order valence-corrected chi connectivity index (χ0v) is 16.8. The van der Waals surface area contributed by atoms with Crippen LogP contribution < -0.4 is 0 Å². The molecular formula is C21H34O7. The third-order valence-corrected chi connectivity index (χ3v) is 5.89. The van der Waals surface area contributed by atoms with E-state index in [9.17, 15) is 24.9 Å². The molecule has 0 radical (unpaired) electrons. The first-order valence-electron chi connectivity index (χ1n) is 10.6. The minimum absolute atomic E-state index is 0.288. The summed E-state index contributed by atoms with van der Waals surface area (Å²) in [6, 6.07) is 0. The minimum atomic E-state index is -1.42. The molecule has 7 nitrogen and oxygen atoms in total. The second-order valence-corrected chi connectivity index (χ2v) is 8.08. The summed E-state index contributed by atoms with van der Waals surface area (Å²) in [4.78, 5) is 23.0. The number of aliphatic hydroxyl groups excluding tert-OH is 3. The Morgan fingerprint density at radius 2 is 1.75 bits per heavy atom. The second-order valence-electron chi connectivity index (χ2n) is 8.08. The highest BCUT2D eigenvalue weighted by atomic mass is 16.6. The van der Waals surface area contributed by atoms with Gasteiger partial charge in [-0.15, -0.1) is 0 Å². The average Bonchev–Trinajstić information content (AvgIpc) is 2.96. The van der Waals surface area contributed by atoms with Gasteiger partial charge >= 0.3 is 11.9 Å². The van der Waals surface area contributed by atoms with E-state index in [2.05, 4.69) is 11.7 Å². The molecule has 0 spiro atoms. The van der Waals surface area contributed by atoms with Gasteiger partial charge < -0.3 is 24.8 Å². The minimum Gasteiger partial charge on any atom is -0.505 e. The second kappa shape index (κ2) is 11.3. The van der Waals surface area contributed by atoms with E-state index >= 15 is 0 Å². The van der Waals surface area contributed by atoms with Gasteiger partial charge in [0.25, 0.3) is 0 Å². The number of carbonyl (C=O) groups excluding carboxylic acids is 2. The molecule has 2 aliphatic rings. The number of carbonyl (C=O) groups is 2. The number of rotatable bonds is 11. The highest BCUT2D eigenvalue weighted by molar-refractivity contribution is 5.89. The molecule has 0 amide bonds. The predicted molar refractivity (Wildman–Crippen MR) is 103 cm³/mol. The fourth-order valence-electron chi connectivity index (χ4n) is 4.06.